The van der Waals surface area contributed by atoms with Crippen molar-refractivity contribution in [2.45, 2.75) is 24.9 Å². The Kier molecular flexibility index (Phi) is 3.27. The minimum absolute atomic E-state index is 0.209. The van der Waals surface area contributed by atoms with E-state index >= 15 is 0 Å². The van der Waals surface area contributed by atoms with Gasteiger partial charge in [-0.2, -0.15) is 0 Å². The van der Waals surface area contributed by atoms with Crippen molar-refractivity contribution in [2.24, 2.45) is 5.73 Å². The van der Waals surface area contributed by atoms with Crippen LogP contribution in [0, 0.1) is 0 Å². The first-order chi connectivity index (χ1) is 7.49. The van der Waals surface area contributed by atoms with E-state index in [0.717, 1.165) is 6.54 Å². The zero-order chi connectivity index (χ0) is 11.8. The highest BCUT2D eigenvalue weighted by Crippen LogP contribution is 2.31. The first-order valence-corrected chi connectivity index (χ1v) is 7.56. The number of sulfone groups is 1. The monoisotopic (exact) mass is 248 g/mol. The lowest BCUT2D eigenvalue weighted by Gasteiger charge is -2.45. The van der Waals surface area contributed by atoms with E-state index in [1.165, 1.54) is 0 Å². The summed E-state index contributed by atoms with van der Waals surface area (Å²) in [5, 5.41) is 0. The Balaban J connectivity index is 2.21. The maximum atomic E-state index is 11.6. The average Bonchev–Trinajstić information content (AvgIpc) is 2.56. The number of morpholine rings is 1. The third-order valence-corrected chi connectivity index (χ3v) is 5.53. The fourth-order valence-corrected chi connectivity index (χ4v) is 4.92. The highest BCUT2D eigenvalue weighted by Gasteiger charge is 2.47. The van der Waals surface area contributed by atoms with Crippen molar-refractivity contribution < 1.29 is 13.2 Å². The zero-order valence-corrected chi connectivity index (χ0v) is 10.5. The van der Waals surface area contributed by atoms with Gasteiger partial charge in [0.25, 0.3) is 0 Å². The van der Waals surface area contributed by atoms with Gasteiger partial charge in [0.2, 0.25) is 0 Å². The van der Waals surface area contributed by atoms with Gasteiger partial charge in [0.15, 0.2) is 9.84 Å². The second-order valence-corrected chi connectivity index (χ2v) is 7.07. The molecule has 0 spiro atoms. The minimum Gasteiger partial charge on any atom is -0.379 e. The van der Waals surface area contributed by atoms with Crippen LogP contribution in [0.4, 0.5) is 0 Å². The Hall–Kier alpha value is -0.170. The molecule has 0 aliphatic carbocycles. The van der Waals surface area contributed by atoms with Gasteiger partial charge < -0.3 is 10.5 Å². The maximum Gasteiger partial charge on any atom is 0.152 e. The third-order valence-electron chi connectivity index (χ3n) is 3.72. The molecule has 0 radical (unpaired) electrons. The van der Waals surface area contributed by atoms with Gasteiger partial charge in [-0.1, -0.05) is 0 Å². The van der Waals surface area contributed by atoms with Crippen LogP contribution in [0.5, 0.6) is 0 Å². The quantitative estimate of drug-likeness (QED) is 0.694. The second-order valence-electron chi connectivity index (χ2n) is 4.89. The van der Waals surface area contributed by atoms with Crippen LogP contribution < -0.4 is 5.73 Å². The predicted molar refractivity (Wildman–Crippen MR) is 62.0 cm³/mol. The van der Waals surface area contributed by atoms with Gasteiger partial charge in [0.1, 0.15) is 0 Å². The van der Waals surface area contributed by atoms with Crippen LogP contribution in [0.2, 0.25) is 0 Å². The molecule has 0 aromatic carbocycles. The van der Waals surface area contributed by atoms with E-state index in [0.29, 0.717) is 26.2 Å². The molecule has 2 rings (SSSR count). The van der Waals surface area contributed by atoms with Crippen molar-refractivity contribution in [3.05, 3.63) is 0 Å². The molecule has 2 aliphatic heterocycles. The van der Waals surface area contributed by atoms with Crippen molar-refractivity contribution in [2.75, 3.05) is 37.8 Å². The molecule has 2 N–H and O–H groups in total. The largest absolute Gasteiger partial charge is 0.379 e. The molecular formula is C10H20N2O3S. The molecule has 0 aromatic rings. The summed E-state index contributed by atoms with van der Waals surface area (Å²) >= 11 is 0. The average molecular weight is 248 g/mol. The van der Waals surface area contributed by atoms with Crippen molar-refractivity contribution >= 4 is 9.84 Å². The van der Waals surface area contributed by atoms with E-state index in [9.17, 15) is 8.42 Å². The molecule has 0 amide bonds. The van der Waals surface area contributed by atoms with Crippen LogP contribution in [0.25, 0.3) is 0 Å². The highest BCUT2D eigenvalue weighted by atomic mass is 32.2. The Morgan fingerprint density at radius 2 is 2.31 bits per heavy atom. The minimum atomic E-state index is -2.90. The molecule has 0 aromatic heterocycles. The predicted octanol–water partition coefficient (Wildman–Crippen LogP) is -0.777. The molecule has 16 heavy (non-hydrogen) atoms. The fourth-order valence-electron chi connectivity index (χ4n) is 2.84. The smallest absolute Gasteiger partial charge is 0.152 e. The fraction of sp³-hybridized carbons (Fsp3) is 1.00. The van der Waals surface area contributed by atoms with Crippen LogP contribution in [-0.2, 0) is 14.6 Å². The maximum absolute atomic E-state index is 11.6. The lowest BCUT2D eigenvalue weighted by atomic mass is 9.94. The summed E-state index contributed by atoms with van der Waals surface area (Å²) in [6.45, 7) is 4.61. The van der Waals surface area contributed by atoms with Crippen LogP contribution >= 0.6 is 0 Å². The number of nitrogens with two attached hydrogens (primary N) is 1. The van der Waals surface area contributed by atoms with Gasteiger partial charge in [-0.3, -0.25) is 4.90 Å². The van der Waals surface area contributed by atoms with Gasteiger partial charge in [-0.05, 0) is 13.3 Å². The van der Waals surface area contributed by atoms with Crippen LogP contribution in [-0.4, -0.2) is 62.7 Å². The molecule has 2 heterocycles. The Labute approximate surface area is 96.9 Å². The lowest BCUT2D eigenvalue weighted by Crippen LogP contribution is -2.61. The molecule has 2 saturated heterocycles. The summed E-state index contributed by atoms with van der Waals surface area (Å²) in [6, 6.07) is 0.255. The highest BCUT2D eigenvalue weighted by molar-refractivity contribution is 7.91. The number of nitrogens with zero attached hydrogens (tertiary/aromatic N) is 1. The van der Waals surface area contributed by atoms with Crippen molar-refractivity contribution in [3.63, 3.8) is 0 Å². The Morgan fingerprint density at radius 1 is 1.56 bits per heavy atom. The van der Waals surface area contributed by atoms with Gasteiger partial charge in [-0.25, -0.2) is 8.42 Å². The summed E-state index contributed by atoms with van der Waals surface area (Å²) in [5.41, 5.74) is 5.49. The summed E-state index contributed by atoms with van der Waals surface area (Å²) in [6.07, 6.45) is 0.663. The van der Waals surface area contributed by atoms with Gasteiger partial charge in [-0.15, -0.1) is 0 Å². The molecule has 2 unspecified atom stereocenters. The van der Waals surface area contributed by atoms with Crippen LogP contribution in [0.3, 0.4) is 0 Å². The second kappa shape index (κ2) is 4.25. The van der Waals surface area contributed by atoms with E-state index < -0.39 is 9.84 Å². The topological polar surface area (TPSA) is 72.6 Å². The molecule has 5 nitrogen and oxygen atoms in total. The Morgan fingerprint density at radius 3 is 2.81 bits per heavy atom. The van der Waals surface area contributed by atoms with Crippen LogP contribution in [0.15, 0.2) is 0 Å². The number of ether oxygens (including phenoxy) is 1. The van der Waals surface area contributed by atoms with E-state index in [1.807, 2.05) is 0 Å². The number of rotatable bonds is 2. The number of hydrogen-bond donors (Lipinski definition) is 1. The van der Waals surface area contributed by atoms with E-state index in [-0.39, 0.29) is 23.1 Å². The zero-order valence-electron chi connectivity index (χ0n) is 9.68. The molecule has 6 heteroatoms. The van der Waals surface area contributed by atoms with Crippen molar-refractivity contribution in [3.8, 4) is 0 Å². The van der Waals surface area contributed by atoms with Crippen molar-refractivity contribution in [1.82, 2.24) is 4.90 Å². The summed E-state index contributed by atoms with van der Waals surface area (Å²) in [4.78, 5) is 2.24. The summed E-state index contributed by atoms with van der Waals surface area (Å²) in [7, 11) is -2.90. The SMILES string of the molecule is CC1COCCN1C1(CN)CCS(=O)(=O)C1. The summed E-state index contributed by atoms with van der Waals surface area (Å²) < 4.78 is 28.7. The van der Waals surface area contributed by atoms with Gasteiger partial charge in [0.05, 0.1) is 24.7 Å². The van der Waals surface area contributed by atoms with Gasteiger partial charge >= 0.3 is 0 Å². The summed E-state index contributed by atoms with van der Waals surface area (Å²) in [5.74, 6) is 0.481. The third kappa shape index (κ3) is 2.11. The van der Waals surface area contributed by atoms with E-state index in [4.69, 9.17) is 10.5 Å². The molecule has 2 aliphatic rings. The first kappa shape index (κ1) is 12.3. The molecule has 2 atom stereocenters. The number of hydrogen-bond acceptors (Lipinski definition) is 5. The molecule has 0 saturated carbocycles. The molecular weight excluding hydrogens is 228 g/mol. The Bertz CT molecular complexity index is 357. The van der Waals surface area contributed by atoms with Gasteiger partial charge in [0, 0.05) is 24.7 Å². The standard InChI is InChI=1S/C10H20N2O3S/c1-9-6-15-4-3-12(9)10(7-11)2-5-16(13,14)8-10/h9H,2-8,11H2,1H3. The lowest BCUT2D eigenvalue weighted by molar-refractivity contribution is -0.0483. The normalized spacial score (nSPS) is 40.0. The van der Waals surface area contributed by atoms with E-state index in [1.54, 1.807) is 0 Å². The van der Waals surface area contributed by atoms with Crippen LogP contribution in [0.1, 0.15) is 13.3 Å². The van der Waals surface area contributed by atoms with E-state index in [2.05, 4.69) is 11.8 Å². The molecule has 0 bridgehead atoms. The van der Waals surface area contributed by atoms with Crippen molar-refractivity contribution in [1.29, 1.82) is 0 Å². The first-order valence-electron chi connectivity index (χ1n) is 5.74. The molecule has 2 fully saturated rings. The molecule has 94 valence electrons.